The average Bonchev–Trinajstić information content (AvgIpc) is 2.88. The summed E-state index contributed by atoms with van der Waals surface area (Å²) in [5, 5.41) is 12.0. The number of carbonyl (C=O) groups is 2. The molecule has 0 atom stereocenters. The van der Waals surface area contributed by atoms with E-state index < -0.39 is 21.2 Å². The lowest BCUT2D eigenvalue weighted by Gasteiger charge is -2.36. The average molecular weight is 518 g/mol. The summed E-state index contributed by atoms with van der Waals surface area (Å²) in [6.07, 6.45) is 9.09. The number of rotatable bonds is 8. The minimum Gasteiger partial charge on any atom is -0.478 e. The Morgan fingerprint density at radius 2 is 1.62 bits per heavy atom. The van der Waals surface area contributed by atoms with Crippen molar-refractivity contribution in [2.75, 3.05) is 11.6 Å². The van der Waals surface area contributed by atoms with E-state index in [1.807, 2.05) is 36.4 Å². The van der Waals surface area contributed by atoms with Crippen LogP contribution in [-0.4, -0.2) is 31.7 Å². The Hall–Kier alpha value is -3.71. The van der Waals surface area contributed by atoms with E-state index >= 15 is 0 Å². The maximum atomic E-state index is 13.6. The number of carbonyl (C=O) groups excluding carboxylic acids is 1. The van der Waals surface area contributed by atoms with E-state index in [1.54, 1.807) is 36.4 Å². The maximum Gasteiger partial charge on any atom is 0.328 e. The molecular weight excluding hydrogens is 486 g/mol. The molecule has 4 rings (SSSR count). The van der Waals surface area contributed by atoms with Gasteiger partial charge in [-0.2, -0.15) is 0 Å². The van der Waals surface area contributed by atoms with Crippen molar-refractivity contribution in [1.82, 2.24) is 0 Å². The molecule has 192 valence electrons. The van der Waals surface area contributed by atoms with Crippen LogP contribution in [0.25, 0.3) is 17.2 Å². The molecule has 0 bridgehead atoms. The zero-order valence-electron chi connectivity index (χ0n) is 20.8. The van der Waals surface area contributed by atoms with E-state index in [1.165, 1.54) is 12.3 Å². The summed E-state index contributed by atoms with van der Waals surface area (Å²) in [5.41, 5.74) is 3.62. The van der Waals surface area contributed by atoms with Crippen LogP contribution >= 0.6 is 0 Å². The SMILES string of the molecule is CS(=O)(=O)c1cccc(-c2ccc(CC3(C(=O)Nc4cccc(/C=C/C(=O)O)c4)CCCCC3)cc2)c1. The van der Waals surface area contributed by atoms with E-state index in [-0.39, 0.29) is 10.8 Å². The fourth-order valence-electron chi connectivity index (χ4n) is 4.98. The molecule has 37 heavy (non-hydrogen) atoms. The van der Waals surface area contributed by atoms with Crippen molar-refractivity contribution in [3.63, 3.8) is 0 Å². The number of amides is 1. The first-order chi connectivity index (χ1) is 17.6. The third kappa shape index (κ3) is 6.74. The molecule has 0 aromatic heterocycles. The Bertz CT molecular complexity index is 1420. The molecule has 1 aliphatic carbocycles. The van der Waals surface area contributed by atoms with Gasteiger partial charge in [0, 0.05) is 18.0 Å². The molecule has 1 amide bonds. The first kappa shape index (κ1) is 26.4. The van der Waals surface area contributed by atoms with Crippen LogP contribution in [0, 0.1) is 5.41 Å². The Morgan fingerprint density at radius 3 is 2.30 bits per heavy atom. The number of anilines is 1. The molecule has 1 fully saturated rings. The van der Waals surface area contributed by atoms with Gasteiger partial charge >= 0.3 is 5.97 Å². The van der Waals surface area contributed by atoms with E-state index in [0.717, 1.165) is 54.9 Å². The maximum absolute atomic E-state index is 13.6. The Morgan fingerprint density at radius 1 is 0.919 bits per heavy atom. The van der Waals surface area contributed by atoms with Crippen LogP contribution in [0.5, 0.6) is 0 Å². The van der Waals surface area contributed by atoms with E-state index in [9.17, 15) is 18.0 Å². The molecule has 6 nitrogen and oxygen atoms in total. The number of aliphatic carboxylic acids is 1. The van der Waals surface area contributed by atoms with Gasteiger partial charge in [0.1, 0.15) is 0 Å². The zero-order valence-corrected chi connectivity index (χ0v) is 21.6. The highest BCUT2D eigenvalue weighted by molar-refractivity contribution is 7.90. The molecule has 3 aromatic rings. The molecule has 0 heterocycles. The first-order valence-corrected chi connectivity index (χ1v) is 14.3. The third-order valence-electron chi connectivity index (χ3n) is 6.95. The summed E-state index contributed by atoms with van der Waals surface area (Å²) in [6, 6.07) is 22.1. The first-order valence-electron chi connectivity index (χ1n) is 12.4. The van der Waals surface area contributed by atoms with Gasteiger partial charge in [-0.05, 0) is 71.9 Å². The van der Waals surface area contributed by atoms with Gasteiger partial charge in [-0.1, -0.05) is 67.8 Å². The zero-order chi connectivity index (χ0) is 26.5. The van der Waals surface area contributed by atoms with Gasteiger partial charge in [0.15, 0.2) is 9.84 Å². The summed E-state index contributed by atoms with van der Waals surface area (Å²) >= 11 is 0. The molecule has 0 saturated heterocycles. The summed E-state index contributed by atoms with van der Waals surface area (Å²) in [5.74, 6) is -1.04. The van der Waals surface area contributed by atoms with Crippen LogP contribution < -0.4 is 5.32 Å². The van der Waals surface area contributed by atoms with Gasteiger partial charge in [0.05, 0.1) is 10.3 Å². The smallest absolute Gasteiger partial charge is 0.328 e. The number of hydrogen-bond acceptors (Lipinski definition) is 4. The lowest BCUT2D eigenvalue weighted by atomic mass is 9.69. The summed E-state index contributed by atoms with van der Waals surface area (Å²) < 4.78 is 23.9. The van der Waals surface area contributed by atoms with Crippen molar-refractivity contribution in [3.8, 4) is 11.1 Å². The summed E-state index contributed by atoms with van der Waals surface area (Å²) in [7, 11) is -3.29. The highest BCUT2D eigenvalue weighted by atomic mass is 32.2. The lowest BCUT2D eigenvalue weighted by Crippen LogP contribution is -2.40. The van der Waals surface area contributed by atoms with Crippen molar-refractivity contribution < 1.29 is 23.1 Å². The van der Waals surface area contributed by atoms with Crippen LogP contribution in [0.2, 0.25) is 0 Å². The summed E-state index contributed by atoms with van der Waals surface area (Å²) in [6.45, 7) is 0. The lowest BCUT2D eigenvalue weighted by molar-refractivity contribution is -0.131. The highest BCUT2D eigenvalue weighted by Gasteiger charge is 2.39. The van der Waals surface area contributed by atoms with Crippen LogP contribution in [-0.2, 0) is 25.8 Å². The standard InChI is InChI=1S/C30H31NO5S/c1-37(35,36)27-10-6-8-25(20-27)24-14-11-23(12-15-24)21-30(17-3-2-4-18-30)29(34)31-26-9-5-7-22(19-26)13-16-28(32)33/h5-16,19-20H,2-4,17-18,21H2,1H3,(H,31,34)(H,32,33)/b16-13+. The highest BCUT2D eigenvalue weighted by Crippen LogP contribution is 2.40. The molecule has 1 saturated carbocycles. The van der Waals surface area contributed by atoms with E-state index in [4.69, 9.17) is 5.11 Å². The Kier molecular flexibility index (Phi) is 7.93. The molecular formula is C30H31NO5S. The number of nitrogens with one attached hydrogen (secondary N) is 1. The fraction of sp³-hybridized carbons (Fsp3) is 0.267. The van der Waals surface area contributed by atoms with Gasteiger partial charge in [0.25, 0.3) is 0 Å². The minimum atomic E-state index is -3.29. The Labute approximate surface area is 218 Å². The van der Waals surface area contributed by atoms with Crippen molar-refractivity contribution >= 4 is 33.5 Å². The number of carboxylic acids is 1. The molecule has 7 heteroatoms. The van der Waals surface area contributed by atoms with Crippen LogP contribution in [0.4, 0.5) is 5.69 Å². The molecule has 0 spiro atoms. The minimum absolute atomic E-state index is 0.0171. The van der Waals surface area contributed by atoms with Gasteiger partial charge < -0.3 is 10.4 Å². The summed E-state index contributed by atoms with van der Waals surface area (Å²) in [4.78, 5) is 24.7. The van der Waals surface area contributed by atoms with Crippen LogP contribution in [0.15, 0.2) is 83.8 Å². The molecule has 3 aromatic carbocycles. The van der Waals surface area contributed by atoms with E-state index in [2.05, 4.69) is 5.32 Å². The van der Waals surface area contributed by atoms with Crippen molar-refractivity contribution in [3.05, 3.63) is 90.0 Å². The monoisotopic (exact) mass is 517 g/mol. The molecule has 0 aliphatic heterocycles. The second kappa shape index (κ2) is 11.1. The number of sulfone groups is 1. The Balaban J connectivity index is 1.54. The van der Waals surface area contributed by atoms with Crippen molar-refractivity contribution in [2.24, 2.45) is 5.41 Å². The normalized spacial score (nSPS) is 15.4. The number of benzene rings is 3. The van der Waals surface area contributed by atoms with Gasteiger partial charge in [-0.3, -0.25) is 4.79 Å². The van der Waals surface area contributed by atoms with Gasteiger partial charge in [-0.25, -0.2) is 13.2 Å². The third-order valence-corrected chi connectivity index (χ3v) is 8.06. The number of hydrogen-bond donors (Lipinski definition) is 2. The second-order valence-corrected chi connectivity index (χ2v) is 11.8. The fourth-order valence-corrected chi connectivity index (χ4v) is 5.64. The van der Waals surface area contributed by atoms with Crippen molar-refractivity contribution in [1.29, 1.82) is 0 Å². The molecule has 1 aliphatic rings. The van der Waals surface area contributed by atoms with Crippen LogP contribution in [0.3, 0.4) is 0 Å². The predicted octanol–water partition coefficient (Wildman–Crippen LogP) is 5.99. The second-order valence-electron chi connectivity index (χ2n) is 9.77. The quantitative estimate of drug-likeness (QED) is 0.358. The van der Waals surface area contributed by atoms with Gasteiger partial charge in [0.2, 0.25) is 5.91 Å². The van der Waals surface area contributed by atoms with Crippen molar-refractivity contribution in [2.45, 2.75) is 43.4 Å². The molecule has 2 N–H and O–H groups in total. The topological polar surface area (TPSA) is 101 Å². The van der Waals surface area contributed by atoms with Gasteiger partial charge in [-0.15, -0.1) is 0 Å². The van der Waals surface area contributed by atoms with E-state index in [0.29, 0.717) is 17.7 Å². The molecule has 0 unspecified atom stereocenters. The largest absolute Gasteiger partial charge is 0.478 e. The number of carboxylic acid groups (broad SMARTS) is 1. The molecule has 0 radical (unpaired) electrons. The van der Waals surface area contributed by atoms with Crippen LogP contribution in [0.1, 0.15) is 43.2 Å². The predicted molar refractivity (Wildman–Crippen MR) is 146 cm³/mol.